The third-order valence-corrected chi connectivity index (χ3v) is 7.30. The Morgan fingerprint density at radius 3 is 2.80 bits per heavy atom. The highest BCUT2D eigenvalue weighted by Gasteiger charge is 2.40. The van der Waals surface area contributed by atoms with Crippen LogP contribution in [-0.2, 0) is 10.5 Å². The molecule has 0 aliphatic heterocycles. The zero-order valence-corrected chi connectivity index (χ0v) is 15.4. The molecule has 0 spiro atoms. The standard InChI is InChI=1S/C18H20FN3OS2/c19-15-5-2-11(3-6-15)10-24-18-22-21-17(25-18)20-16(23)9-14-8-12-1-4-13(14)7-12/h2-3,5-6,12-14H,1,4,7-10H2,(H,20,21,23). The predicted octanol–water partition coefficient (Wildman–Crippen LogP) is 4.73. The van der Waals surface area contributed by atoms with Gasteiger partial charge in [-0.3, -0.25) is 4.79 Å². The summed E-state index contributed by atoms with van der Waals surface area (Å²) in [6.45, 7) is 0. The molecule has 7 heteroatoms. The quantitative estimate of drug-likeness (QED) is 0.584. The van der Waals surface area contributed by atoms with E-state index in [1.807, 2.05) is 0 Å². The number of benzene rings is 1. The normalized spacial score (nSPS) is 24.6. The number of hydrogen-bond donors (Lipinski definition) is 1. The van der Waals surface area contributed by atoms with Crippen molar-refractivity contribution in [2.75, 3.05) is 5.32 Å². The van der Waals surface area contributed by atoms with E-state index in [2.05, 4.69) is 15.5 Å². The van der Waals surface area contributed by atoms with Crippen molar-refractivity contribution in [2.45, 2.75) is 42.2 Å². The molecule has 2 bridgehead atoms. The van der Waals surface area contributed by atoms with Crippen molar-refractivity contribution in [3.05, 3.63) is 35.6 Å². The summed E-state index contributed by atoms with van der Waals surface area (Å²) < 4.78 is 13.7. The molecule has 1 N–H and O–H groups in total. The van der Waals surface area contributed by atoms with Gasteiger partial charge in [0.05, 0.1) is 0 Å². The summed E-state index contributed by atoms with van der Waals surface area (Å²) in [6.07, 6.45) is 5.80. The first-order valence-electron chi connectivity index (χ1n) is 8.66. The van der Waals surface area contributed by atoms with Crippen LogP contribution < -0.4 is 5.32 Å². The first-order chi connectivity index (χ1) is 12.2. The summed E-state index contributed by atoms with van der Waals surface area (Å²) in [5, 5.41) is 11.6. The molecule has 2 aromatic rings. The number of thioether (sulfide) groups is 1. The number of aromatic nitrogens is 2. The highest BCUT2D eigenvalue weighted by atomic mass is 32.2. The number of carbonyl (C=O) groups excluding carboxylic acids is 1. The van der Waals surface area contributed by atoms with Crippen LogP contribution in [0.5, 0.6) is 0 Å². The number of anilines is 1. The SMILES string of the molecule is O=C(CC1CC2CCC1C2)Nc1nnc(SCc2ccc(F)cc2)s1. The van der Waals surface area contributed by atoms with Crippen LogP contribution >= 0.6 is 23.1 Å². The zero-order chi connectivity index (χ0) is 17.2. The lowest BCUT2D eigenvalue weighted by molar-refractivity contribution is -0.117. The molecule has 1 heterocycles. The van der Waals surface area contributed by atoms with E-state index >= 15 is 0 Å². The maximum Gasteiger partial charge on any atom is 0.226 e. The minimum atomic E-state index is -0.231. The smallest absolute Gasteiger partial charge is 0.226 e. The summed E-state index contributed by atoms with van der Waals surface area (Å²) in [6, 6.07) is 6.44. The first kappa shape index (κ1) is 17.0. The minimum absolute atomic E-state index is 0.0591. The fourth-order valence-corrected chi connectivity index (χ4v) is 5.80. The van der Waals surface area contributed by atoms with E-state index in [4.69, 9.17) is 0 Å². The predicted molar refractivity (Wildman–Crippen MR) is 98.1 cm³/mol. The zero-order valence-electron chi connectivity index (χ0n) is 13.8. The molecular weight excluding hydrogens is 357 g/mol. The van der Waals surface area contributed by atoms with Gasteiger partial charge in [0, 0.05) is 12.2 Å². The van der Waals surface area contributed by atoms with Crippen LogP contribution in [0.2, 0.25) is 0 Å². The largest absolute Gasteiger partial charge is 0.300 e. The first-order valence-corrected chi connectivity index (χ1v) is 10.5. The van der Waals surface area contributed by atoms with Gasteiger partial charge in [-0.1, -0.05) is 41.7 Å². The third kappa shape index (κ3) is 4.20. The molecule has 0 saturated heterocycles. The Labute approximate surface area is 154 Å². The van der Waals surface area contributed by atoms with Gasteiger partial charge in [-0.25, -0.2) is 4.39 Å². The van der Waals surface area contributed by atoms with Crippen molar-refractivity contribution in [1.82, 2.24) is 10.2 Å². The maximum absolute atomic E-state index is 12.9. The topological polar surface area (TPSA) is 54.9 Å². The van der Waals surface area contributed by atoms with Crippen molar-refractivity contribution in [2.24, 2.45) is 17.8 Å². The second-order valence-corrected chi connectivity index (χ2v) is 9.18. The lowest BCUT2D eigenvalue weighted by Crippen LogP contribution is -2.20. The molecule has 1 aromatic heterocycles. The molecule has 132 valence electrons. The number of halogens is 1. The molecule has 2 aliphatic rings. The van der Waals surface area contributed by atoms with Gasteiger partial charge < -0.3 is 5.32 Å². The van der Waals surface area contributed by atoms with E-state index in [1.165, 1.54) is 49.2 Å². The van der Waals surface area contributed by atoms with E-state index < -0.39 is 0 Å². The van der Waals surface area contributed by atoms with Crippen LogP contribution in [0.3, 0.4) is 0 Å². The molecule has 2 fully saturated rings. The average molecular weight is 378 g/mol. The van der Waals surface area contributed by atoms with Crippen LogP contribution in [-0.4, -0.2) is 16.1 Å². The summed E-state index contributed by atoms with van der Waals surface area (Å²) >= 11 is 2.93. The van der Waals surface area contributed by atoms with Gasteiger partial charge in [-0.05, 0) is 54.7 Å². The van der Waals surface area contributed by atoms with Crippen LogP contribution in [0.15, 0.2) is 28.6 Å². The second kappa shape index (κ2) is 7.41. The average Bonchev–Trinajstić information content (AvgIpc) is 3.31. The van der Waals surface area contributed by atoms with E-state index in [0.717, 1.165) is 21.7 Å². The van der Waals surface area contributed by atoms with Crippen molar-refractivity contribution >= 4 is 34.1 Å². The number of nitrogens with zero attached hydrogens (tertiary/aromatic N) is 2. The van der Waals surface area contributed by atoms with Crippen LogP contribution in [0, 0.1) is 23.6 Å². The van der Waals surface area contributed by atoms with Gasteiger partial charge in [0.15, 0.2) is 4.34 Å². The monoisotopic (exact) mass is 377 g/mol. The second-order valence-electron chi connectivity index (χ2n) is 6.98. The number of carbonyl (C=O) groups is 1. The van der Waals surface area contributed by atoms with Crippen molar-refractivity contribution in [3.8, 4) is 0 Å². The Hall–Kier alpha value is -1.47. The van der Waals surface area contributed by atoms with Gasteiger partial charge in [0.2, 0.25) is 11.0 Å². The molecule has 4 nitrogen and oxygen atoms in total. The van der Waals surface area contributed by atoms with Gasteiger partial charge in [0.25, 0.3) is 0 Å². The van der Waals surface area contributed by atoms with E-state index in [-0.39, 0.29) is 11.7 Å². The molecule has 3 unspecified atom stereocenters. The fraction of sp³-hybridized carbons (Fsp3) is 0.500. The number of nitrogens with one attached hydrogen (secondary N) is 1. The van der Waals surface area contributed by atoms with Crippen molar-refractivity contribution in [3.63, 3.8) is 0 Å². The van der Waals surface area contributed by atoms with Gasteiger partial charge in [-0.2, -0.15) is 0 Å². The lowest BCUT2D eigenvalue weighted by atomic mass is 9.86. The Balaban J connectivity index is 1.26. The lowest BCUT2D eigenvalue weighted by Gasteiger charge is -2.20. The molecule has 0 radical (unpaired) electrons. The minimum Gasteiger partial charge on any atom is -0.300 e. The highest BCUT2D eigenvalue weighted by Crippen LogP contribution is 2.49. The molecule has 3 atom stereocenters. The molecule has 25 heavy (non-hydrogen) atoms. The van der Waals surface area contributed by atoms with E-state index in [1.54, 1.807) is 23.9 Å². The third-order valence-electron chi connectivity index (χ3n) is 5.26. The summed E-state index contributed by atoms with van der Waals surface area (Å²) in [5.41, 5.74) is 1.03. The van der Waals surface area contributed by atoms with Gasteiger partial charge >= 0.3 is 0 Å². The molecular formula is C18H20FN3OS2. The number of fused-ring (bicyclic) bond motifs is 2. The van der Waals surface area contributed by atoms with E-state index in [0.29, 0.717) is 23.2 Å². The summed E-state index contributed by atoms with van der Waals surface area (Å²) in [7, 11) is 0. The highest BCUT2D eigenvalue weighted by molar-refractivity contribution is 8.00. The van der Waals surface area contributed by atoms with Gasteiger partial charge in [0.1, 0.15) is 5.82 Å². The Kier molecular flexibility index (Phi) is 5.03. The molecule has 4 rings (SSSR count). The summed E-state index contributed by atoms with van der Waals surface area (Å²) in [4.78, 5) is 12.3. The van der Waals surface area contributed by atoms with Crippen molar-refractivity contribution in [1.29, 1.82) is 0 Å². The fourth-order valence-electron chi connectivity index (χ4n) is 4.08. The summed E-state index contributed by atoms with van der Waals surface area (Å²) in [5.74, 6) is 2.70. The molecule has 1 amide bonds. The van der Waals surface area contributed by atoms with Crippen molar-refractivity contribution < 1.29 is 9.18 Å². The maximum atomic E-state index is 12.9. The number of rotatable bonds is 6. The molecule has 2 aliphatic carbocycles. The van der Waals surface area contributed by atoms with Crippen LogP contribution in [0.25, 0.3) is 0 Å². The Bertz CT molecular complexity index is 749. The Morgan fingerprint density at radius 1 is 1.24 bits per heavy atom. The van der Waals surface area contributed by atoms with Crippen LogP contribution in [0.4, 0.5) is 9.52 Å². The van der Waals surface area contributed by atoms with Crippen LogP contribution in [0.1, 0.15) is 37.7 Å². The number of hydrogen-bond acceptors (Lipinski definition) is 5. The van der Waals surface area contributed by atoms with E-state index in [9.17, 15) is 9.18 Å². The number of amides is 1. The Morgan fingerprint density at radius 2 is 2.08 bits per heavy atom. The molecule has 1 aromatic carbocycles. The van der Waals surface area contributed by atoms with Gasteiger partial charge in [-0.15, -0.1) is 10.2 Å². The molecule has 2 saturated carbocycles.